The standard InChI is InChI=1S/C28H37N3O3.C14H19NO2.C7H8O3S/c1-2-17-30-18-20-31(21-19-30)25-13-11-24(12-14-25)26(32)29-28(15-7-4-8-16-28)27(33)34-22-23-9-5-3-6-10-23;15-14(9-5-2-6-10-14)13(16)17-11-12-7-3-1-4-8-12;1-6-2-4-7(5-3-6)11(8,9)10/h3,5-6,9-14H,2,4,7-8,15-22H2,1H3,(H,29,32);1,3-4,7-8H,2,5-6,9-11,15H2;2-5H,1H3,(H,8,9,10). The third kappa shape index (κ3) is 14.5. The van der Waals surface area contributed by atoms with Gasteiger partial charge in [0.2, 0.25) is 0 Å². The number of anilines is 1. The molecular weight excluding hydrogens is 805 g/mol. The molecule has 0 bridgehead atoms. The molecule has 0 aromatic heterocycles. The molecule has 0 spiro atoms. The Bertz CT molecular complexity index is 2100. The number of ether oxygens (including phenoxy) is 2. The van der Waals surface area contributed by atoms with Gasteiger partial charge in [0.05, 0.1) is 4.90 Å². The van der Waals surface area contributed by atoms with Crippen molar-refractivity contribution in [2.24, 2.45) is 5.73 Å². The molecule has 1 heterocycles. The fourth-order valence-corrected chi connectivity index (χ4v) is 8.50. The molecule has 1 amide bonds. The van der Waals surface area contributed by atoms with Crippen molar-refractivity contribution in [1.82, 2.24) is 10.2 Å². The van der Waals surface area contributed by atoms with E-state index in [9.17, 15) is 22.8 Å². The van der Waals surface area contributed by atoms with E-state index in [1.807, 2.05) is 91.9 Å². The van der Waals surface area contributed by atoms with Crippen molar-refractivity contribution in [2.45, 2.75) is 114 Å². The van der Waals surface area contributed by atoms with E-state index in [4.69, 9.17) is 19.8 Å². The van der Waals surface area contributed by atoms with E-state index >= 15 is 0 Å². The summed E-state index contributed by atoms with van der Waals surface area (Å²) in [5.41, 5.74) is 9.02. The zero-order valence-electron chi connectivity index (χ0n) is 36.3. The van der Waals surface area contributed by atoms with Crippen LogP contribution in [0.25, 0.3) is 0 Å². The smallest absolute Gasteiger partial charge is 0.332 e. The van der Waals surface area contributed by atoms with Gasteiger partial charge in [-0.3, -0.25) is 19.0 Å². The molecule has 1 aliphatic heterocycles. The number of carbonyl (C=O) groups excluding carboxylic acids is 3. The second-order valence-electron chi connectivity index (χ2n) is 16.6. The van der Waals surface area contributed by atoms with Gasteiger partial charge in [-0.15, -0.1) is 0 Å². The first kappa shape index (κ1) is 48.0. The minimum atomic E-state index is -4.02. The average Bonchev–Trinajstić information content (AvgIpc) is 3.29. The number of hydrogen-bond acceptors (Lipinski definition) is 10. The molecule has 0 radical (unpaired) electrons. The van der Waals surface area contributed by atoms with Crippen LogP contribution in [0.5, 0.6) is 0 Å². The monoisotopic (exact) mass is 868 g/mol. The Morgan fingerprint density at radius 2 is 1.18 bits per heavy atom. The van der Waals surface area contributed by atoms with Crippen molar-refractivity contribution >= 4 is 33.7 Å². The second kappa shape index (κ2) is 23.4. The van der Waals surface area contributed by atoms with Gasteiger partial charge in [0.25, 0.3) is 16.0 Å². The summed E-state index contributed by atoms with van der Waals surface area (Å²) in [5, 5.41) is 3.07. The Morgan fingerprint density at radius 3 is 1.68 bits per heavy atom. The molecule has 1 saturated heterocycles. The maximum atomic E-state index is 13.2. The van der Waals surface area contributed by atoms with E-state index in [0.29, 0.717) is 25.0 Å². The summed E-state index contributed by atoms with van der Waals surface area (Å²) in [5.74, 6) is -0.787. The van der Waals surface area contributed by atoms with Gasteiger partial charge < -0.3 is 25.4 Å². The first-order chi connectivity index (χ1) is 29.8. The molecule has 7 rings (SSSR count). The van der Waals surface area contributed by atoms with E-state index in [1.165, 1.54) is 25.0 Å². The minimum absolute atomic E-state index is 0.0666. The molecule has 4 aromatic rings. The topological polar surface area (TPSA) is 169 Å². The van der Waals surface area contributed by atoms with E-state index in [0.717, 1.165) is 100 Å². The van der Waals surface area contributed by atoms with Gasteiger partial charge in [0.15, 0.2) is 0 Å². The summed E-state index contributed by atoms with van der Waals surface area (Å²) in [6.45, 7) is 9.90. The predicted molar refractivity (Wildman–Crippen MR) is 242 cm³/mol. The first-order valence-corrected chi connectivity index (χ1v) is 23.4. The number of hydrogen-bond donors (Lipinski definition) is 3. The van der Waals surface area contributed by atoms with E-state index in [2.05, 4.69) is 22.0 Å². The van der Waals surface area contributed by atoms with Crippen LogP contribution in [0.1, 0.15) is 105 Å². The molecule has 2 aliphatic carbocycles. The zero-order chi connectivity index (χ0) is 44.4. The number of carbonyl (C=O) groups is 3. The summed E-state index contributed by atoms with van der Waals surface area (Å²) < 4.78 is 40.5. The van der Waals surface area contributed by atoms with Crippen LogP contribution < -0.4 is 16.0 Å². The SMILES string of the molecule is CCCN1CCN(c2ccc(C(=O)NC3(C(=O)OCc4ccccc4)CCCCC3)cc2)CC1.Cc1ccc(S(=O)(=O)O)cc1.NC1(C(=O)OCc2ccccc2)CCCCC1. The number of nitrogens with two attached hydrogens (primary N) is 1. The van der Waals surface area contributed by atoms with E-state index < -0.39 is 21.2 Å². The molecule has 12 nitrogen and oxygen atoms in total. The van der Waals surface area contributed by atoms with Crippen molar-refractivity contribution in [1.29, 1.82) is 0 Å². The predicted octanol–water partition coefficient (Wildman–Crippen LogP) is 8.03. The van der Waals surface area contributed by atoms with Crippen LogP contribution in [-0.4, -0.2) is 79.5 Å². The Kier molecular flexibility index (Phi) is 18.1. The number of piperazine rings is 1. The Balaban J connectivity index is 0.000000213. The number of nitrogens with zero attached hydrogens (tertiary/aromatic N) is 2. The lowest BCUT2D eigenvalue weighted by Crippen LogP contribution is -2.56. The fourth-order valence-electron chi connectivity index (χ4n) is 8.02. The quantitative estimate of drug-likeness (QED) is 0.0932. The number of esters is 2. The van der Waals surface area contributed by atoms with Crippen molar-refractivity contribution in [3.63, 3.8) is 0 Å². The highest BCUT2D eigenvalue weighted by atomic mass is 32.2. The Labute approximate surface area is 367 Å². The second-order valence-corrected chi connectivity index (χ2v) is 18.0. The van der Waals surface area contributed by atoms with Gasteiger partial charge in [-0.05, 0) is 93.1 Å². The van der Waals surface area contributed by atoms with Crippen LogP contribution in [0.4, 0.5) is 5.69 Å². The fraction of sp³-hybridized carbons (Fsp3) is 0.449. The van der Waals surface area contributed by atoms with Gasteiger partial charge >= 0.3 is 11.9 Å². The van der Waals surface area contributed by atoms with Crippen molar-refractivity contribution < 1.29 is 36.8 Å². The number of benzene rings is 4. The zero-order valence-corrected chi connectivity index (χ0v) is 37.1. The normalized spacial score (nSPS) is 17.2. The maximum Gasteiger partial charge on any atom is 0.332 e. The van der Waals surface area contributed by atoms with Crippen molar-refractivity contribution in [2.75, 3.05) is 37.6 Å². The highest BCUT2D eigenvalue weighted by Crippen LogP contribution is 2.31. The third-order valence-corrected chi connectivity index (χ3v) is 12.6. The van der Waals surface area contributed by atoms with Gasteiger partial charge in [-0.2, -0.15) is 8.42 Å². The van der Waals surface area contributed by atoms with Crippen LogP contribution in [-0.2, 0) is 42.4 Å². The van der Waals surface area contributed by atoms with Crippen molar-refractivity contribution in [3.05, 3.63) is 131 Å². The molecule has 2 saturated carbocycles. The molecular formula is C49H64N4O8S. The lowest BCUT2D eigenvalue weighted by Gasteiger charge is -2.36. The molecule has 334 valence electrons. The molecule has 0 atom stereocenters. The summed E-state index contributed by atoms with van der Waals surface area (Å²) >= 11 is 0. The number of nitrogens with one attached hydrogen (secondary N) is 1. The summed E-state index contributed by atoms with van der Waals surface area (Å²) in [4.78, 5) is 43.1. The highest BCUT2D eigenvalue weighted by molar-refractivity contribution is 7.85. The van der Waals surface area contributed by atoms with Crippen LogP contribution in [0, 0.1) is 6.92 Å². The number of amides is 1. The largest absolute Gasteiger partial charge is 0.459 e. The molecule has 62 heavy (non-hydrogen) atoms. The Hall–Kier alpha value is -5.08. The highest BCUT2D eigenvalue weighted by Gasteiger charge is 2.42. The van der Waals surface area contributed by atoms with Gasteiger partial charge in [-0.25, -0.2) is 4.79 Å². The van der Waals surface area contributed by atoms with E-state index in [-0.39, 0.29) is 29.3 Å². The molecule has 0 unspecified atom stereocenters. The van der Waals surface area contributed by atoms with Crippen LogP contribution >= 0.6 is 0 Å². The molecule has 4 aromatic carbocycles. The van der Waals surface area contributed by atoms with Crippen LogP contribution in [0.15, 0.2) is 114 Å². The number of rotatable bonds is 12. The summed E-state index contributed by atoms with van der Waals surface area (Å²) in [6, 6.07) is 33.1. The summed E-state index contributed by atoms with van der Waals surface area (Å²) in [6.07, 6.45) is 10.0. The maximum absolute atomic E-state index is 13.2. The molecule has 4 N–H and O–H groups in total. The van der Waals surface area contributed by atoms with Crippen molar-refractivity contribution in [3.8, 4) is 0 Å². The van der Waals surface area contributed by atoms with Gasteiger partial charge in [0.1, 0.15) is 24.3 Å². The van der Waals surface area contributed by atoms with Crippen LogP contribution in [0.2, 0.25) is 0 Å². The van der Waals surface area contributed by atoms with E-state index in [1.54, 1.807) is 12.1 Å². The molecule has 3 aliphatic rings. The average molecular weight is 869 g/mol. The molecule has 3 fully saturated rings. The lowest BCUT2D eigenvalue weighted by atomic mass is 9.81. The Morgan fingerprint density at radius 1 is 0.677 bits per heavy atom. The number of aryl methyl sites for hydroxylation is 1. The molecule has 13 heteroatoms. The minimum Gasteiger partial charge on any atom is -0.459 e. The lowest BCUT2D eigenvalue weighted by molar-refractivity contribution is -0.154. The van der Waals surface area contributed by atoms with Gasteiger partial charge in [-0.1, -0.05) is 124 Å². The van der Waals surface area contributed by atoms with Crippen LogP contribution in [0.3, 0.4) is 0 Å². The third-order valence-electron chi connectivity index (χ3n) is 11.8. The first-order valence-electron chi connectivity index (χ1n) is 22.0. The summed E-state index contributed by atoms with van der Waals surface area (Å²) in [7, 11) is -4.02. The van der Waals surface area contributed by atoms with Gasteiger partial charge in [0, 0.05) is 37.4 Å².